The number of esters is 1. The number of hydrogen-bond donors (Lipinski definition) is 1. The lowest BCUT2D eigenvalue weighted by Gasteiger charge is -2.13. The van der Waals surface area contributed by atoms with E-state index in [2.05, 4.69) is 15.3 Å². The van der Waals surface area contributed by atoms with E-state index in [0.717, 1.165) is 11.3 Å². The molecule has 0 fully saturated rings. The summed E-state index contributed by atoms with van der Waals surface area (Å²) in [6.07, 6.45) is 1.85. The molecule has 1 aromatic heterocycles. The van der Waals surface area contributed by atoms with Gasteiger partial charge in [-0.05, 0) is 31.5 Å². The Balaban J connectivity index is 1.84. The Morgan fingerprint density at radius 2 is 1.88 bits per heavy atom. The molecule has 2 aromatic rings. The predicted octanol–water partition coefficient (Wildman–Crippen LogP) is 1.66. The van der Waals surface area contributed by atoms with Gasteiger partial charge in [-0.25, -0.2) is 9.78 Å². The Labute approximate surface area is 140 Å². The summed E-state index contributed by atoms with van der Waals surface area (Å²) in [6, 6.07) is 7.30. The second kappa shape index (κ2) is 8.05. The van der Waals surface area contributed by atoms with E-state index in [-0.39, 0.29) is 11.6 Å². The Morgan fingerprint density at radius 3 is 2.46 bits per heavy atom. The van der Waals surface area contributed by atoms with E-state index in [4.69, 9.17) is 9.47 Å². The lowest BCUT2D eigenvalue weighted by molar-refractivity contribution is -0.129. The molecule has 0 saturated heterocycles. The number of nitrogens with one attached hydrogen (secondary N) is 1. The van der Waals surface area contributed by atoms with Gasteiger partial charge in [0.05, 0.1) is 19.0 Å². The molecule has 1 aromatic carbocycles. The van der Waals surface area contributed by atoms with Crippen molar-refractivity contribution in [3.8, 4) is 5.75 Å². The van der Waals surface area contributed by atoms with Crippen molar-refractivity contribution in [1.82, 2.24) is 15.3 Å². The van der Waals surface area contributed by atoms with Crippen LogP contribution < -0.4 is 10.1 Å². The van der Waals surface area contributed by atoms with E-state index in [1.54, 1.807) is 26.2 Å². The van der Waals surface area contributed by atoms with Crippen molar-refractivity contribution in [2.75, 3.05) is 7.11 Å². The highest BCUT2D eigenvalue weighted by Crippen LogP contribution is 2.11. The summed E-state index contributed by atoms with van der Waals surface area (Å²) in [4.78, 5) is 31.8. The van der Waals surface area contributed by atoms with Gasteiger partial charge in [0.1, 0.15) is 5.75 Å². The third-order valence-corrected chi connectivity index (χ3v) is 3.27. The number of ether oxygens (including phenoxy) is 2. The highest BCUT2D eigenvalue weighted by molar-refractivity contribution is 5.90. The summed E-state index contributed by atoms with van der Waals surface area (Å²) >= 11 is 0. The van der Waals surface area contributed by atoms with E-state index in [0.29, 0.717) is 12.2 Å². The quantitative estimate of drug-likeness (QED) is 0.811. The molecule has 1 atom stereocenters. The van der Waals surface area contributed by atoms with Gasteiger partial charge >= 0.3 is 5.97 Å². The van der Waals surface area contributed by atoms with Gasteiger partial charge in [-0.2, -0.15) is 0 Å². The van der Waals surface area contributed by atoms with Crippen molar-refractivity contribution in [2.24, 2.45) is 0 Å². The lowest BCUT2D eigenvalue weighted by Crippen LogP contribution is -2.35. The molecule has 1 heterocycles. The minimum absolute atomic E-state index is 0.0652. The monoisotopic (exact) mass is 329 g/mol. The Bertz CT molecular complexity index is 699. The molecule has 0 bridgehead atoms. The third kappa shape index (κ3) is 4.77. The fourth-order valence-electron chi connectivity index (χ4n) is 1.85. The number of amides is 1. The van der Waals surface area contributed by atoms with E-state index < -0.39 is 12.1 Å². The van der Waals surface area contributed by atoms with Gasteiger partial charge in [-0.1, -0.05) is 12.1 Å². The second-order valence-corrected chi connectivity index (χ2v) is 5.16. The van der Waals surface area contributed by atoms with Crippen molar-refractivity contribution in [1.29, 1.82) is 0 Å². The molecular weight excluding hydrogens is 310 g/mol. The van der Waals surface area contributed by atoms with Gasteiger partial charge in [-0.15, -0.1) is 0 Å². The van der Waals surface area contributed by atoms with Crippen LogP contribution in [0.3, 0.4) is 0 Å². The highest BCUT2D eigenvalue weighted by Gasteiger charge is 2.19. The van der Waals surface area contributed by atoms with Crippen LogP contribution in [-0.4, -0.2) is 35.1 Å². The highest BCUT2D eigenvalue weighted by atomic mass is 16.5. The van der Waals surface area contributed by atoms with Crippen molar-refractivity contribution in [3.05, 3.63) is 53.6 Å². The molecule has 0 aliphatic heterocycles. The number of methoxy groups -OCH3 is 1. The zero-order valence-corrected chi connectivity index (χ0v) is 13.8. The van der Waals surface area contributed by atoms with Gasteiger partial charge < -0.3 is 14.8 Å². The Hall–Kier alpha value is -2.96. The molecule has 7 nitrogen and oxygen atoms in total. The number of hydrogen-bond acceptors (Lipinski definition) is 6. The van der Waals surface area contributed by atoms with Crippen LogP contribution in [0, 0.1) is 6.92 Å². The van der Waals surface area contributed by atoms with Crippen LogP contribution in [0.15, 0.2) is 36.7 Å². The summed E-state index contributed by atoms with van der Waals surface area (Å²) < 4.78 is 10.2. The first-order valence-electron chi connectivity index (χ1n) is 7.40. The SMILES string of the molecule is COc1ccc(CNC(=O)[C@H](C)OC(=O)c2cnc(C)cn2)cc1. The Morgan fingerprint density at radius 1 is 1.17 bits per heavy atom. The van der Waals surface area contributed by atoms with Gasteiger partial charge in [0, 0.05) is 12.7 Å². The van der Waals surface area contributed by atoms with Crippen LogP contribution in [0.25, 0.3) is 0 Å². The number of carbonyl (C=O) groups is 2. The van der Waals surface area contributed by atoms with E-state index in [1.807, 2.05) is 12.1 Å². The summed E-state index contributed by atoms with van der Waals surface area (Å²) in [5.41, 5.74) is 1.67. The largest absolute Gasteiger partial charge is 0.497 e. The lowest BCUT2D eigenvalue weighted by atomic mass is 10.2. The maximum absolute atomic E-state index is 12.0. The molecule has 0 aliphatic carbocycles. The average molecular weight is 329 g/mol. The standard InChI is InChI=1S/C17H19N3O4/c1-11-8-19-15(10-18-11)17(22)24-12(2)16(21)20-9-13-4-6-14(23-3)7-5-13/h4-8,10,12H,9H2,1-3H3,(H,20,21)/t12-/m0/s1. The molecule has 0 spiro atoms. The maximum atomic E-state index is 12.0. The van der Waals surface area contributed by atoms with Gasteiger partial charge in [0.15, 0.2) is 11.8 Å². The molecule has 0 radical (unpaired) electrons. The van der Waals surface area contributed by atoms with Crippen LogP contribution in [0.4, 0.5) is 0 Å². The number of aryl methyl sites for hydroxylation is 1. The predicted molar refractivity (Wildman–Crippen MR) is 86.5 cm³/mol. The smallest absolute Gasteiger partial charge is 0.359 e. The van der Waals surface area contributed by atoms with Crippen molar-refractivity contribution in [2.45, 2.75) is 26.5 Å². The fraction of sp³-hybridized carbons (Fsp3) is 0.294. The molecule has 0 saturated carbocycles. The molecule has 1 amide bonds. The zero-order chi connectivity index (χ0) is 17.5. The first kappa shape index (κ1) is 17.4. The first-order chi connectivity index (χ1) is 11.5. The molecule has 126 valence electrons. The van der Waals surface area contributed by atoms with Crippen LogP contribution >= 0.6 is 0 Å². The van der Waals surface area contributed by atoms with E-state index in [1.165, 1.54) is 19.3 Å². The molecule has 0 unspecified atom stereocenters. The number of rotatable bonds is 6. The van der Waals surface area contributed by atoms with Gasteiger partial charge in [-0.3, -0.25) is 9.78 Å². The van der Waals surface area contributed by atoms with Crippen LogP contribution in [-0.2, 0) is 16.1 Å². The minimum Gasteiger partial charge on any atom is -0.497 e. The normalized spacial score (nSPS) is 11.5. The van der Waals surface area contributed by atoms with E-state index >= 15 is 0 Å². The molecular formula is C17H19N3O4. The van der Waals surface area contributed by atoms with E-state index in [9.17, 15) is 9.59 Å². The summed E-state index contributed by atoms with van der Waals surface area (Å²) in [5.74, 6) is -0.333. The molecule has 7 heteroatoms. The molecule has 1 N–H and O–H groups in total. The molecule has 2 rings (SSSR count). The van der Waals surface area contributed by atoms with Crippen LogP contribution in [0.1, 0.15) is 28.7 Å². The minimum atomic E-state index is -0.932. The number of carbonyl (C=O) groups excluding carboxylic acids is 2. The van der Waals surface area contributed by atoms with Crippen LogP contribution in [0.5, 0.6) is 5.75 Å². The van der Waals surface area contributed by atoms with Crippen molar-refractivity contribution < 1.29 is 19.1 Å². The van der Waals surface area contributed by atoms with Crippen molar-refractivity contribution in [3.63, 3.8) is 0 Å². The number of benzene rings is 1. The topological polar surface area (TPSA) is 90.4 Å². The van der Waals surface area contributed by atoms with Gasteiger partial charge in [0.25, 0.3) is 5.91 Å². The number of aromatic nitrogens is 2. The first-order valence-corrected chi connectivity index (χ1v) is 7.40. The van der Waals surface area contributed by atoms with Crippen LogP contribution in [0.2, 0.25) is 0 Å². The Kier molecular flexibility index (Phi) is 5.83. The summed E-state index contributed by atoms with van der Waals surface area (Å²) in [5, 5.41) is 2.71. The number of nitrogens with zero attached hydrogens (tertiary/aromatic N) is 2. The fourth-order valence-corrected chi connectivity index (χ4v) is 1.85. The van der Waals surface area contributed by atoms with Crippen molar-refractivity contribution >= 4 is 11.9 Å². The second-order valence-electron chi connectivity index (χ2n) is 5.16. The van der Waals surface area contributed by atoms with Gasteiger partial charge in [0.2, 0.25) is 0 Å². The summed E-state index contributed by atoms with van der Waals surface area (Å²) in [7, 11) is 1.59. The maximum Gasteiger partial charge on any atom is 0.359 e. The summed E-state index contributed by atoms with van der Waals surface area (Å²) in [6.45, 7) is 3.59. The average Bonchev–Trinajstić information content (AvgIpc) is 2.60. The zero-order valence-electron chi connectivity index (χ0n) is 13.8. The third-order valence-electron chi connectivity index (χ3n) is 3.27. The molecule has 24 heavy (non-hydrogen) atoms. The molecule has 0 aliphatic rings.